The van der Waals surface area contributed by atoms with E-state index in [1.165, 1.54) is 16.1 Å². The summed E-state index contributed by atoms with van der Waals surface area (Å²) in [6.07, 6.45) is 9.52. The minimum absolute atomic E-state index is 0.0448. The number of benzene rings is 1. The fourth-order valence-electron chi connectivity index (χ4n) is 4.81. The topological polar surface area (TPSA) is 98.2 Å². The van der Waals surface area contributed by atoms with Gasteiger partial charge in [-0.1, -0.05) is 31.4 Å². The molecule has 1 saturated heterocycles. The number of rotatable bonds is 7. The second-order valence-electron chi connectivity index (χ2n) is 9.12. The minimum atomic E-state index is -3.30. The van der Waals surface area contributed by atoms with Gasteiger partial charge in [0.15, 0.2) is 0 Å². The number of phenols is 2. The molecule has 1 fully saturated rings. The third-order valence-electron chi connectivity index (χ3n) is 6.60. The summed E-state index contributed by atoms with van der Waals surface area (Å²) in [6, 6.07) is 1.66. The standard InChI is InChI=1S/C24H36N2O5S/c1-4-5-6-9-19-16-20(27)21(18-10-7-8-17(2)15-18)23(28)22(19)24(29)25-11-13-26(14-12-25)32(3,30)31/h15-16,18,27-28H,4-14H2,1-3H3. The molecule has 1 unspecified atom stereocenters. The summed E-state index contributed by atoms with van der Waals surface area (Å²) in [7, 11) is -3.30. The zero-order chi connectivity index (χ0) is 23.5. The molecule has 1 atom stereocenters. The average Bonchev–Trinajstić information content (AvgIpc) is 2.73. The van der Waals surface area contributed by atoms with Crippen LogP contribution in [0.3, 0.4) is 0 Å². The van der Waals surface area contributed by atoms with Gasteiger partial charge in [-0.25, -0.2) is 8.42 Å². The van der Waals surface area contributed by atoms with Gasteiger partial charge in [-0.3, -0.25) is 4.79 Å². The Morgan fingerprint density at radius 1 is 1.16 bits per heavy atom. The third-order valence-corrected chi connectivity index (χ3v) is 7.90. The van der Waals surface area contributed by atoms with E-state index in [1.54, 1.807) is 11.0 Å². The van der Waals surface area contributed by atoms with E-state index in [2.05, 4.69) is 13.0 Å². The first-order chi connectivity index (χ1) is 15.1. The van der Waals surface area contributed by atoms with Crippen LogP contribution in [-0.4, -0.2) is 66.2 Å². The number of allylic oxidation sites excluding steroid dienone is 2. The van der Waals surface area contributed by atoms with Gasteiger partial charge >= 0.3 is 0 Å². The molecule has 1 aliphatic carbocycles. The van der Waals surface area contributed by atoms with Crippen LogP contribution in [0.1, 0.15) is 79.8 Å². The van der Waals surface area contributed by atoms with Crippen LogP contribution in [0.25, 0.3) is 0 Å². The van der Waals surface area contributed by atoms with Gasteiger partial charge < -0.3 is 15.1 Å². The quantitative estimate of drug-likeness (QED) is 0.473. The molecule has 1 aromatic rings. The summed E-state index contributed by atoms with van der Waals surface area (Å²) in [5, 5.41) is 22.1. The van der Waals surface area contributed by atoms with E-state index in [4.69, 9.17) is 0 Å². The van der Waals surface area contributed by atoms with Crippen LogP contribution in [0.5, 0.6) is 11.5 Å². The molecule has 0 saturated carbocycles. The lowest BCUT2D eigenvalue weighted by atomic mass is 9.83. The summed E-state index contributed by atoms with van der Waals surface area (Å²) in [5.41, 5.74) is 2.57. The van der Waals surface area contributed by atoms with Crippen LogP contribution in [0.15, 0.2) is 17.7 Å². The Kier molecular flexibility index (Phi) is 7.88. The summed E-state index contributed by atoms with van der Waals surface area (Å²) in [4.78, 5) is 15.2. The summed E-state index contributed by atoms with van der Waals surface area (Å²) >= 11 is 0. The van der Waals surface area contributed by atoms with Crippen molar-refractivity contribution >= 4 is 15.9 Å². The van der Waals surface area contributed by atoms with E-state index >= 15 is 0 Å². The smallest absolute Gasteiger partial charge is 0.257 e. The third kappa shape index (κ3) is 5.46. The molecule has 32 heavy (non-hydrogen) atoms. The fraction of sp³-hybridized carbons (Fsp3) is 0.625. The van der Waals surface area contributed by atoms with Crippen molar-refractivity contribution in [2.75, 3.05) is 32.4 Å². The van der Waals surface area contributed by atoms with Crippen molar-refractivity contribution in [3.05, 3.63) is 34.4 Å². The maximum absolute atomic E-state index is 13.5. The van der Waals surface area contributed by atoms with E-state index in [1.807, 2.05) is 6.92 Å². The van der Waals surface area contributed by atoms with Gasteiger partial charge in [0.2, 0.25) is 10.0 Å². The van der Waals surface area contributed by atoms with Crippen LogP contribution < -0.4 is 0 Å². The largest absolute Gasteiger partial charge is 0.507 e. The van der Waals surface area contributed by atoms with Crippen LogP contribution in [0, 0.1) is 0 Å². The molecule has 0 bridgehead atoms. The predicted octanol–water partition coefficient (Wildman–Crippen LogP) is 3.76. The molecule has 0 spiro atoms. The van der Waals surface area contributed by atoms with E-state index in [-0.39, 0.29) is 55.1 Å². The lowest BCUT2D eigenvalue weighted by molar-refractivity contribution is 0.0693. The molecule has 1 aliphatic heterocycles. The van der Waals surface area contributed by atoms with Gasteiger partial charge in [0, 0.05) is 37.7 Å². The number of piperazine rings is 1. The molecule has 8 heteroatoms. The van der Waals surface area contributed by atoms with Crippen LogP contribution in [-0.2, 0) is 16.4 Å². The first-order valence-corrected chi connectivity index (χ1v) is 13.5. The summed E-state index contributed by atoms with van der Waals surface area (Å²) < 4.78 is 25.0. The van der Waals surface area contributed by atoms with Crippen molar-refractivity contribution in [2.45, 2.75) is 64.7 Å². The molecule has 0 radical (unpaired) electrons. The number of unbranched alkanes of at least 4 members (excludes halogenated alkanes) is 2. The highest BCUT2D eigenvalue weighted by Gasteiger charge is 2.32. The van der Waals surface area contributed by atoms with Crippen molar-refractivity contribution in [1.29, 1.82) is 0 Å². The van der Waals surface area contributed by atoms with Crippen LogP contribution in [0.4, 0.5) is 0 Å². The Bertz CT molecular complexity index is 979. The molecular weight excluding hydrogens is 428 g/mol. The normalized spacial score (nSPS) is 20.3. The highest BCUT2D eigenvalue weighted by atomic mass is 32.2. The maximum Gasteiger partial charge on any atom is 0.257 e. The Morgan fingerprint density at radius 3 is 2.44 bits per heavy atom. The van der Waals surface area contributed by atoms with E-state index in [0.29, 0.717) is 17.5 Å². The van der Waals surface area contributed by atoms with Gasteiger partial charge in [-0.15, -0.1) is 0 Å². The Balaban J connectivity index is 1.97. The SMILES string of the molecule is CCCCCc1cc(O)c(C2C=C(C)CCC2)c(O)c1C(=O)N1CCN(S(C)(=O)=O)CC1. The number of hydrogen-bond acceptors (Lipinski definition) is 5. The fourth-order valence-corrected chi connectivity index (χ4v) is 5.64. The van der Waals surface area contributed by atoms with Crippen LogP contribution in [0.2, 0.25) is 0 Å². The number of nitrogens with zero attached hydrogens (tertiary/aromatic N) is 2. The molecule has 2 aliphatic rings. The first kappa shape index (κ1) is 24.6. The average molecular weight is 465 g/mol. The molecular formula is C24H36N2O5S. The molecule has 0 aromatic heterocycles. The molecule has 2 N–H and O–H groups in total. The second kappa shape index (κ2) is 10.3. The van der Waals surface area contributed by atoms with Gasteiger partial charge in [0.1, 0.15) is 11.5 Å². The van der Waals surface area contributed by atoms with Gasteiger partial charge in [-0.05, 0) is 50.7 Å². The first-order valence-electron chi connectivity index (χ1n) is 11.6. The molecule has 1 aromatic carbocycles. The Labute approximate surface area is 191 Å². The monoisotopic (exact) mass is 464 g/mol. The molecule has 1 amide bonds. The zero-order valence-corrected chi connectivity index (χ0v) is 20.2. The summed E-state index contributed by atoms with van der Waals surface area (Å²) in [5.74, 6) is -0.492. The number of amides is 1. The van der Waals surface area contributed by atoms with Crippen molar-refractivity contribution in [1.82, 2.24) is 9.21 Å². The van der Waals surface area contributed by atoms with Crippen LogP contribution >= 0.6 is 0 Å². The number of aromatic hydroxyl groups is 2. The van der Waals surface area contributed by atoms with Gasteiger partial charge in [0.05, 0.1) is 11.8 Å². The summed E-state index contributed by atoms with van der Waals surface area (Å²) in [6.45, 7) is 5.19. The zero-order valence-electron chi connectivity index (χ0n) is 19.4. The molecule has 1 heterocycles. The van der Waals surface area contributed by atoms with Crippen molar-refractivity contribution in [2.24, 2.45) is 0 Å². The van der Waals surface area contributed by atoms with Crippen molar-refractivity contribution < 1.29 is 23.4 Å². The van der Waals surface area contributed by atoms with E-state index in [9.17, 15) is 23.4 Å². The molecule has 3 rings (SSSR count). The number of sulfonamides is 1. The van der Waals surface area contributed by atoms with E-state index < -0.39 is 10.0 Å². The Morgan fingerprint density at radius 2 is 1.84 bits per heavy atom. The van der Waals surface area contributed by atoms with Gasteiger partial charge in [0.25, 0.3) is 5.91 Å². The Hall–Kier alpha value is -2.06. The van der Waals surface area contributed by atoms with Crippen molar-refractivity contribution in [3.8, 4) is 11.5 Å². The highest BCUT2D eigenvalue weighted by Crippen LogP contribution is 2.44. The number of aryl methyl sites for hydroxylation is 1. The predicted molar refractivity (Wildman–Crippen MR) is 126 cm³/mol. The van der Waals surface area contributed by atoms with Gasteiger partial charge in [-0.2, -0.15) is 4.31 Å². The second-order valence-corrected chi connectivity index (χ2v) is 11.1. The lowest BCUT2D eigenvalue weighted by Gasteiger charge is -2.34. The maximum atomic E-state index is 13.5. The number of hydrogen-bond donors (Lipinski definition) is 2. The molecule has 7 nitrogen and oxygen atoms in total. The number of carbonyl (C=O) groups is 1. The van der Waals surface area contributed by atoms with E-state index in [0.717, 1.165) is 38.5 Å². The molecule has 178 valence electrons. The van der Waals surface area contributed by atoms with Crippen molar-refractivity contribution in [3.63, 3.8) is 0 Å². The number of phenolic OH excluding ortho intramolecular Hbond substituents is 2. The number of carbonyl (C=O) groups excluding carboxylic acids is 1. The highest BCUT2D eigenvalue weighted by molar-refractivity contribution is 7.88. The minimum Gasteiger partial charge on any atom is -0.507 e. The lowest BCUT2D eigenvalue weighted by Crippen LogP contribution is -2.50.